The van der Waals surface area contributed by atoms with E-state index in [1.54, 1.807) is 30.3 Å². The van der Waals surface area contributed by atoms with Crippen molar-refractivity contribution in [3.8, 4) is 0 Å². The minimum absolute atomic E-state index is 0.0184. The first-order valence-electron chi connectivity index (χ1n) is 12.5. The zero-order valence-corrected chi connectivity index (χ0v) is 24.7. The van der Waals surface area contributed by atoms with Gasteiger partial charge in [-0.15, -0.1) is 0 Å². The van der Waals surface area contributed by atoms with E-state index in [9.17, 15) is 18.0 Å². The highest BCUT2D eigenvalue weighted by Gasteiger charge is 2.32. The van der Waals surface area contributed by atoms with Crippen molar-refractivity contribution in [1.82, 2.24) is 10.2 Å². The Kier molecular flexibility index (Phi) is 10.4. The van der Waals surface area contributed by atoms with Crippen LogP contribution in [0.1, 0.15) is 36.5 Å². The molecule has 0 fully saturated rings. The van der Waals surface area contributed by atoms with Crippen molar-refractivity contribution in [1.29, 1.82) is 0 Å². The SMILES string of the molecule is CNC(=O)[C@@H](Cc1ccccc1)N(Cc1ccc(Cl)c(Cl)c1)C(=O)CN(c1ccc(C(C)C)cc1)S(C)(=O)=O. The molecule has 0 radical (unpaired) electrons. The lowest BCUT2D eigenvalue weighted by molar-refractivity contribution is -0.139. The van der Waals surface area contributed by atoms with Crippen LogP contribution in [0.25, 0.3) is 0 Å². The summed E-state index contributed by atoms with van der Waals surface area (Å²) in [5, 5.41) is 3.32. The Labute approximate surface area is 240 Å². The Morgan fingerprint density at radius 1 is 0.897 bits per heavy atom. The van der Waals surface area contributed by atoms with Crippen LogP contribution in [-0.4, -0.2) is 51.0 Å². The molecular formula is C29H33Cl2N3O4S. The second kappa shape index (κ2) is 13.3. The van der Waals surface area contributed by atoms with E-state index in [0.717, 1.165) is 21.7 Å². The molecule has 0 heterocycles. The molecule has 0 unspecified atom stereocenters. The van der Waals surface area contributed by atoms with Gasteiger partial charge in [0.15, 0.2) is 0 Å². The maximum absolute atomic E-state index is 13.9. The monoisotopic (exact) mass is 589 g/mol. The number of benzene rings is 3. The summed E-state index contributed by atoms with van der Waals surface area (Å²) in [7, 11) is -2.33. The molecular weight excluding hydrogens is 557 g/mol. The lowest BCUT2D eigenvalue weighted by Crippen LogP contribution is -2.52. The van der Waals surface area contributed by atoms with E-state index < -0.39 is 28.5 Å². The first-order chi connectivity index (χ1) is 18.4. The van der Waals surface area contributed by atoms with Gasteiger partial charge in [-0.05, 0) is 46.9 Å². The molecule has 0 aliphatic heterocycles. The summed E-state index contributed by atoms with van der Waals surface area (Å²) in [5.74, 6) is -0.649. The predicted molar refractivity (Wildman–Crippen MR) is 158 cm³/mol. The summed E-state index contributed by atoms with van der Waals surface area (Å²) in [5.41, 5.74) is 2.90. The van der Waals surface area contributed by atoms with E-state index in [1.165, 1.54) is 11.9 Å². The summed E-state index contributed by atoms with van der Waals surface area (Å²) in [6.07, 6.45) is 1.29. The molecule has 1 atom stereocenters. The second-order valence-electron chi connectivity index (χ2n) is 9.61. The summed E-state index contributed by atoms with van der Waals surface area (Å²) in [6.45, 7) is 3.62. The van der Waals surface area contributed by atoms with Gasteiger partial charge in [0.2, 0.25) is 21.8 Å². The van der Waals surface area contributed by atoms with Crippen LogP contribution in [0, 0.1) is 0 Å². The number of halogens is 2. The largest absolute Gasteiger partial charge is 0.357 e. The molecule has 0 saturated carbocycles. The van der Waals surface area contributed by atoms with Crippen LogP contribution in [0.4, 0.5) is 5.69 Å². The van der Waals surface area contributed by atoms with Gasteiger partial charge in [0, 0.05) is 20.0 Å². The number of carbonyl (C=O) groups is 2. The maximum atomic E-state index is 13.9. The van der Waals surface area contributed by atoms with Gasteiger partial charge < -0.3 is 10.2 Å². The van der Waals surface area contributed by atoms with Crippen LogP contribution >= 0.6 is 23.2 Å². The fraction of sp³-hybridized carbons (Fsp3) is 0.310. The van der Waals surface area contributed by atoms with E-state index in [2.05, 4.69) is 5.32 Å². The summed E-state index contributed by atoms with van der Waals surface area (Å²) in [6, 6.07) is 20.4. The van der Waals surface area contributed by atoms with Crippen LogP contribution in [0.3, 0.4) is 0 Å². The first kappa shape index (κ1) is 30.5. The average Bonchev–Trinajstić information content (AvgIpc) is 2.90. The fourth-order valence-electron chi connectivity index (χ4n) is 4.19. The van der Waals surface area contributed by atoms with Crippen molar-refractivity contribution >= 4 is 50.7 Å². The molecule has 0 aromatic heterocycles. The summed E-state index contributed by atoms with van der Waals surface area (Å²) in [4.78, 5) is 28.5. The molecule has 0 aliphatic rings. The third kappa shape index (κ3) is 8.21. The summed E-state index contributed by atoms with van der Waals surface area (Å²) < 4.78 is 26.7. The van der Waals surface area contributed by atoms with Crippen LogP contribution in [0.15, 0.2) is 72.8 Å². The molecule has 0 saturated heterocycles. The van der Waals surface area contributed by atoms with Crippen molar-refractivity contribution < 1.29 is 18.0 Å². The van der Waals surface area contributed by atoms with Gasteiger partial charge in [-0.25, -0.2) is 8.42 Å². The topological polar surface area (TPSA) is 86.8 Å². The zero-order chi connectivity index (χ0) is 28.7. The van der Waals surface area contributed by atoms with Gasteiger partial charge in [-0.3, -0.25) is 13.9 Å². The quantitative estimate of drug-likeness (QED) is 0.330. The molecule has 208 valence electrons. The Morgan fingerprint density at radius 3 is 2.08 bits per heavy atom. The van der Waals surface area contributed by atoms with Gasteiger partial charge in [0.05, 0.1) is 22.0 Å². The fourth-order valence-corrected chi connectivity index (χ4v) is 5.36. The van der Waals surface area contributed by atoms with Gasteiger partial charge in [0.1, 0.15) is 12.6 Å². The molecule has 0 bridgehead atoms. The van der Waals surface area contributed by atoms with Gasteiger partial charge in [0.25, 0.3) is 0 Å². The van der Waals surface area contributed by atoms with E-state index >= 15 is 0 Å². The van der Waals surface area contributed by atoms with Gasteiger partial charge >= 0.3 is 0 Å². The number of hydrogen-bond donors (Lipinski definition) is 1. The molecule has 0 spiro atoms. The molecule has 3 rings (SSSR count). The summed E-state index contributed by atoms with van der Waals surface area (Å²) >= 11 is 12.3. The highest BCUT2D eigenvalue weighted by atomic mass is 35.5. The van der Waals surface area contributed by atoms with Crippen molar-refractivity contribution in [3.63, 3.8) is 0 Å². The number of anilines is 1. The van der Waals surface area contributed by atoms with Crippen LogP contribution in [0.5, 0.6) is 0 Å². The van der Waals surface area contributed by atoms with Crippen LogP contribution < -0.4 is 9.62 Å². The van der Waals surface area contributed by atoms with E-state index in [-0.39, 0.29) is 24.8 Å². The minimum Gasteiger partial charge on any atom is -0.357 e. The lowest BCUT2D eigenvalue weighted by atomic mass is 10.0. The zero-order valence-electron chi connectivity index (χ0n) is 22.4. The molecule has 3 aromatic carbocycles. The molecule has 1 N–H and O–H groups in total. The van der Waals surface area contributed by atoms with Crippen molar-refractivity contribution in [2.45, 2.75) is 38.8 Å². The third-order valence-corrected chi connectivity index (χ3v) is 8.26. The second-order valence-corrected chi connectivity index (χ2v) is 12.3. The number of likely N-dealkylation sites (N-methyl/N-ethyl adjacent to an activating group) is 1. The number of sulfonamides is 1. The Bertz CT molecular complexity index is 1400. The normalized spacial score (nSPS) is 12.2. The highest BCUT2D eigenvalue weighted by Crippen LogP contribution is 2.26. The Balaban J connectivity index is 2.03. The number of nitrogens with one attached hydrogen (secondary N) is 1. The number of nitrogens with zero attached hydrogens (tertiary/aromatic N) is 2. The lowest BCUT2D eigenvalue weighted by Gasteiger charge is -2.33. The Morgan fingerprint density at radius 2 is 1.54 bits per heavy atom. The molecule has 2 amide bonds. The average molecular weight is 591 g/mol. The van der Waals surface area contributed by atoms with Crippen molar-refractivity contribution in [2.24, 2.45) is 0 Å². The van der Waals surface area contributed by atoms with Crippen molar-refractivity contribution in [2.75, 3.05) is 24.2 Å². The van der Waals surface area contributed by atoms with E-state index in [0.29, 0.717) is 21.3 Å². The van der Waals surface area contributed by atoms with Gasteiger partial charge in [-0.2, -0.15) is 0 Å². The molecule has 39 heavy (non-hydrogen) atoms. The minimum atomic E-state index is -3.83. The number of amides is 2. The smallest absolute Gasteiger partial charge is 0.244 e. The van der Waals surface area contributed by atoms with Crippen molar-refractivity contribution in [3.05, 3.63) is 99.5 Å². The van der Waals surface area contributed by atoms with Gasteiger partial charge in [-0.1, -0.05) is 85.6 Å². The number of rotatable bonds is 11. The van der Waals surface area contributed by atoms with E-state index in [4.69, 9.17) is 23.2 Å². The predicted octanol–water partition coefficient (Wildman–Crippen LogP) is 5.27. The molecule has 3 aromatic rings. The van der Waals surface area contributed by atoms with E-state index in [1.807, 2.05) is 56.3 Å². The molecule has 0 aliphatic carbocycles. The Hall–Kier alpha value is -3.07. The first-order valence-corrected chi connectivity index (χ1v) is 15.1. The maximum Gasteiger partial charge on any atom is 0.244 e. The number of carbonyl (C=O) groups excluding carboxylic acids is 2. The number of hydrogen-bond acceptors (Lipinski definition) is 4. The standard InChI is InChI=1S/C29H33Cl2N3O4S/c1-20(2)23-11-13-24(14-12-23)34(39(4,37)38)19-28(35)33(18-22-10-15-25(30)26(31)16-22)27(29(36)32-3)17-21-8-6-5-7-9-21/h5-16,20,27H,17-19H2,1-4H3,(H,32,36)/t27-/m1/s1. The molecule has 10 heteroatoms. The van der Waals surface area contributed by atoms with Crippen LogP contribution in [0.2, 0.25) is 10.0 Å². The molecule has 7 nitrogen and oxygen atoms in total. The third-order valence-electron chi connectivity index (χ3n) is 6.38. The highest BCUT2D eigenvalue weighted by molar-refractivity contribution is 7.92. The van der Waals surface area contributed by atoms with Crippen LogP contribution in [-0.2, 0) is 32.6 Å².